The second-order valence-electron chi connectivity index (χ2n) is 4.00. The van der Waals surface area contributed by atoms with Gasteiger partial charge in [-0.1, -0.05) is 34.6 Å². The first-order valence-corrected chi connectivity index (χ1v) is 6.51. The van der Waals surface area contributed by atoms with Gasteiger partial charge in [-0.25, -0.2) is 0 Å². The van der Waals surface area contributed by atoms with Crippen LogP contribution in [-0.4, -0.2) is 23.6 Å². The molecule has 0 radical (unpaired) electrons. The van der Waals surface area contributed by atoms with Gasteiger partial charge >= 0.3 is 0 Å². The molecule has 2 unspecified atom stereocenters. The minimum absolute atomic E-state index is 0.689. The fourth-order valence-electron chi connectivity index (χ4n) is 1.36. The van der Waals surface area contributed by atoms with E-state index in [0.29, 0.717) is 6.04 Å². The molecule has 0 rings (SSSR count). The van der Waals surface area contributed by atoms with Crippen LogP contribution in [0.4, 0.5) is 0 Å². The van der Waals surface area contributed by atoms with E-state index in [1.165, 1.54) is 12.2 Å². The maximum Gasteiger partial charge on any atom is 0.0181 e. The highest BCUT2D eigenvalue weighted by atomic mass is 32.2. The molecule has 0 aliphatic rings. The molecule has 0 spiro atoms. The summed E-state index contributed by atoms with van der Waals surface area (Å²) in [5.74, 6) is 2.09. The lowest BCUT2D eigenvalue weighted by molar-refractivity contribution is 0.508. The summed E-state index contributed by atoms with van der Waals surface area (Å²) in [7, 11) is 0. The quantitative estimate of drug-likeness (QED) is 0.682. The Morgan fingerprint density at radius 1 is 1.15 bits per heavy atom. The standard InChI is InChI=1S/C11H25NS/c1-6-11(12-7-2)10(5)13-8-9(3)4/h9-12H,6-8H2,1-5H3. The number of nitrogens with one attached hydrogen (secondary N) is 1. The van der Waals surface area contributed by atoms with Crippen LogP contribution in [-0.2, 0) is 0 Å². The summed E-state index contributed by atoms with van der Waals surface area (Å²) in [5.41, 5.74) is 0. The van der Waals surface area contributed by atoms with Gasteiger partial charge in [-0.15, -0.1) is 0 Å². The molecular formula is C11H25NS. The van der Waals surface area contributed by atoms with Crippen molar-refractivity contribution in [1.82, 2.24) is 5.32 Å². The Hall–Kier alpha value is 0.310. The number of hydrogen-bond donors (Lipinski definition) is 1. The third-order valence-corrected chi connectivity index (χ3v) is 3.88. The van der Waals surface area contributed by atoms with Gasteiger partial charge in [0.25, 0.3) is 0 Å². The summed E-state index contributed by atoms with van der Waals surface area (Å²) < 4.78 is 0. The van der Waals surface area contributed by atoms with Crippen molar-refractivity contribution in [3.63, 3.8) is 0 Å². The van der Waals surface area contributed by atoms with E-state index in [1.807, 2.05) is 0 Å². The molecule has 0 fully saturated rings. The molecule has 2 heteroatoms. The third-order valence-electron chi connectivity index (χ3n) is 2.17. The third kappa shape index (κ3) is 6.39. The van der Waals surface area contributed by atoms with Crippen molar-refractivity contribution in [2.24, 2.45) is 5.92 Å². The smallest absolute Gasteiger partial charge is 0.0181 e. The average Bonchev–Trinajstić information content (AvgIpc) is 2.10. The Kier molecular flexibility index (Phi) is 7.87. The van der Waals surface area contributed by atoms with Crippen LogP contribution in [0.2, 0.25) is 0 Å². The van der Waals surface area contributed by atoms with Crippen molar-refractivity contribution in [2.45, 2.75) is 52.3 Å². The molecule has 0 aliphatic carbocycles. The Morgan fingerprint density at radius 2 is 1.77 bits per heavy atom. The summed E-state index contributed by atoms with van der Waals surface area (Å²) >= 11 is 2.09. The molecule has 0 aromatic rings. The van der Waals surface area contributed by atoms with E-state index in [9.17, 15) is 0 Å². The van der Waals surface area contributed by atoms with Gasteiger partial charge < -0.3 is 5.32 Å². The van der Waals surface area contributed by atoms with Crippen LogP contribution in [0.25, 0.3) is 0 Å². The van der Waals surface area contributed by atoms with E-state index in [1.54, 1.807) is 0 Å². The summed E-state index contributed by atoms with van der Waals surface area (Å²) in [6.45, 7) is 12.4. The largest absolute Gasteiger partial charge is 0.313 e. The van der Waals surface area contributed by atoms with E-state index in [2.05, 4.69) is 51.7 Å². The molecule has 2 atom stereocenters. The molecule has 80 valence electrons. The van der Waals surface area contributed by atoms with E-state index in [4.69, 9.17) is 0 Å². The molecule has 1 N–H and O–H groups in total. The average molecular weight is 203 g/mol. The molecule has 0 aromatic heterocycles. The lowest BCUT2D eigenvalue weighted by Gasteiger charge is -2.23. The van der Waals surface area contributed by atoms with Crippen molar-refractivity contribution in [1.29, 1.82) is 0 Å². The van der Waals surface area contributed by atoms with Crippen molar-refractivity contribution < 1.29 is 0 Å². The second-order valence-corrected chi connectivity index (χ2v) is 5.41. The minimum atomic E-state index is 0.689. The highest BCUT2D eigenvalue weighted by Gasteiger charge is 2.14. The second kappa shape index (κ2) is 7.69. The number of hydrogen-bond acceptors (Lipinski definition) is 2. The first-order chi connectivity index (χ1) is 6.11. The van der Waals surface area contributed by atoms with Crippen molar-refractivity contribution in [3.05, 3.63) is 0 Å². The minimum Gasteiger partial charge on any atom is -0.313 e. The van der Waals surface area contributed by atoms with Crippen LogP contribution in [0.3, 0.4) is 0 Å². The van der Waals surface area contributed by atoms with E-state index < -0.39 is 0 Å². The summed E-state index contributed by atoms with van der Waals surface area (Å²) in [5, 5.41) is 4.28. The summed E-state index contributed by atoms with van der Waals surface area (Å²) in [6, 6.07) is 0.689. The van der Waals surface area contributed by atoms with Gasteiger partial charge in [0.2, 0.25) is 0 Å². The molecule has 0 saturated carbocycles. The summed E-state index contributed by atoms with van der Waals surface area (Å²) in [6.07, 6.45) is 1.24. The zero-order valence-electron chi connectivity index (χ0n) is 9.76. The van der Waals surface area contributed by atoms with Crippen LogP contribution >= 0.6 is 11.8 Å². The predicted molar refractivity (Wildman–Crippen MR) is 64.5 cm³/mol. The number of thioether (sulfide) groups is 1. The van der Waals surface area contributed by atoms with Crippen molar-refractivity contribution >= 4 is 11.8 Å². The Labute approximate surface area is 88.1 Å². The fraction of sp³-hybridized carbons (Fsp3) is 1.00. The maximum absolute atomic E-state index is 3.53. The summed E-state index contributed by atoms with van der Waals surface area (Å²) in [4.78, 5) is 0. The molecule has 0 bridgehead atoms. The molecule has 0 aromatic carbocycles. The van der Waals surface area contributed by atoms with Crippen molar-refractivity contribution in [3.8, 4) is 0 Å². The van der Waals surface area contributed by atoms with Crippen LogP contribution in [0.1, 0.15) is 41.0 Å². The maximum atomic E-state index is 3.53. The zero-order valence-corrected chi connectivity index (χ0v) is 10.6. The molecule has 0 aliphatic heterocycles. The fourth-order valence-corrected chi connectivity index (χ4v) is 2.57. The van der Waals surface area contributed by atoms with Gasteiger partial charge in [-0.3, -0.25) is 0 Å². The highest BCUT2D eigenvalue weighted by molar-refractivity contribution is 7.99. The highest BCUT2D eigenvalue weighted by Crippen LogP contribution is 2.19. The molecule has 0 amide bonds. The Bertz CT molecular complexity index is 115. The monoisotopic (exact) mass is 203 g/mol. The topological polar surface area (TPSA) is 12.0 Å². The Morgan fingerprint density at radius 3 is 2.15 bits per heavy atom. The van der Waals surface area contributed by atoms with Crippen LogP contribution in [0.15, 0.2) is 0 Å². The first-order valence-electron chi connectivity index (χ1n) is 5.46. The zero-order chi connectivity index (χ0) is 10.3. The van der Waals surface area contributed by atoms with Gasteiger partial charge in [0.15, 0.2) is 0 Å². The molecule has 1 nitrogen and oxygen atoms in total. The van der Waals surface area contributed by atoms with Crippen molar-refractivity contribution in [2.75, 3.05) is 12.3 Å². The predicted octanol–water partition coefficient (Wildman–Crippen LogP) is 3.15. The van der Waals surface area contributed by atoms with Gasteiger partial charge in [0, 0.05) is 11.3 Å². The molecule has 13 heavy (non-hydrogen) atoms. The number of rotatable bonds is 7. The molecule has 0 saturated heterocycles. The van der Waals surface area contributed by atoms with Crippen LogP contribution in [0, 0.1) is 5.92 Å². The van der Waals surface area contributed by atoms with Gasteiger partial charge in [-0.2, -0.15) is 11.8 Å². The SMILES string of the molecule is CCNC(CC)C(C)SCC(C)C. The van der Waals surface area contributed by atoms with E-state index in [0.717, 1.165) is 17.7 Å². The Balaban J connectivity index is 3.69. The van der Waals surface area contributed by atoms with Crippen LogP contribution in [0.5, 0.6) is 0 Å². The first kappa shape index (κ1) is 13.3. The lowest BCUT2D eigenvalue weighted by Crippen LogP contribution is -2.36. The normalized spacial score (nSPS) is 16.2. The van der Waals surface area contributed by atoms with Gasteiger partial charge in [0.05, 0.1) is 0 Å². The molecule has 0 heterocycles. The van der Waals surface area contributed by atoms with Gasteiger partial charge in [0.1, 0.15) is 0 Å². The lowest BCUT2D eigenvalue weighted by atomic mass is 10.2. The van der Waals surface area contributed by atoms with Crippen LogP contribution < -0.4 is 5.32 Å². The van der Waals surface area contributed by atoms with E-state index in [-0.39, 0.29) is 0 Å². The van der Waals surface area contributed by atoms with Gasteiger partial charge in [-0.05, 0) is 24.6 Å². The molecular weight excluding hydrogens is 178 g/mol. The van der Waals surface area contributed by atoms with E-state index >= 15 is 0 Å².